The van der Waals surface area contributed by atoms with Crippen molar-refractivity contribution in [1.29, 1.82) is 0 Å². The number of nitrogens with two attached hydrogens (primary N) is 1. The first-order valence-corrected chi connectivity index (χ1v) is 7.13. The molecule has 2 aromatic rings. The molecule has 0 radical (unpaired) electrons. The molecule has 2 amide bonds. The summed E-state index contributed by atoms with van der Waals surface area (Å²) in [6, 6.07) is 5.28. The summed E-state index contributed by atoms with van der Waals surface area (Å²) in [4.78, 5) is 35.0. The molecule has 1 aromatic carbocycles. The Hall–Kier alpha value is -2.87. The van der Waals surface area contributed by atoms with Gasteiger partial charge in [-0.15, -0.1) is 0 Å². The minimum absolute atomic E-state index is 0.0548. The topological polar surface area (TPSA) is 121 Å². The number of nitrogens with one attached hydrogen (secondary N) is 1. The van der Waals surface area contributed by atoms with Crippen LogP contribution in [0.4, 0.5) is 0 Å². The Labute approximate surface area is 137 Å². The summed E-state index contributed by atoms with van der Waals surface area (Å²) in [5, 5.41) is 3.10. The van der Waals surface area contributed by atoms with Gasteiger partial charge in [0.15, 0.2) is 0 Å². The molecular weight excluding hydrogens is 316 g/mol. The van der Waals surface area contributed by atoms with Gasteiger partial charge in [0.05, 0.1) is 7.11 Å². The van der Waals surface area contributed by atoms with Gasteiger partial charge in [0, 0.05) is 31.0 Å². The minimum Gasteiger partial charge on any atom is -0.497 e. The number of primary amides is 1. The lowest BCUT2D eigenvalue weighted by Gasteiger charge is -2.16. The van der Waals surface area contributed by atoms with Crippen molar-refractivity contribution in [3.05, 3.63) is 40.2 Å². The third-order valence-corrected chi connectivity index (χ3v) is 3.42. The fraction of sp³-hybridized carbons (Fsp3) is 0.312. The lowest BCUT2D eigenvalue weighted by Crippen LogP contribution is -2.47. The average molecular weight is 334 g/mol. The molecule has 0 fully saturated rings. The third-order valence-electron chi connectivity index (χ3n) is 3.42. The van der Waals surface area contributed by atoms with E-state index in [0.29, 0.717) is 22.3 Å². The highest BCUT2D eigenvalue weighted by Gasteiger charge is 2.20. The molecule has 0 saturated carbocycles. The molecule has 0 unspecified atom stereocenters. The van der Waals surface area contributed by atoms with Gasteiger partial charge in [-0.25, -0.2) is 4.79 Å². The lowest BCUT2D eigenvalue weighted by molar-refractivity contribution is -0.129. The number of hydrogen-bond donors (Lipinski definition) is 2. The summed E-state index contributed by atoms with van der Waals surface area (Å²) in [6.45, 7) is -0.196. The second-order valence-electron chi connectivity index (χ2n) is 5.11. The Morgan fingerprint density at radius 2 is 2.04 bits per heavy atom. The van der Waals surface area contributed by atoms with E-state index >= 15 is 0 Å². The third kappa shape index (κ3) is 4.11. The molecule has 0 bridgehead atoms. The Balaban J connectivity index is 2.37. The summed E-state index contributed by atoms with van der Waals surface area (Å²) in [7, 11) is 2.86. The predicted molar refractivity (Wildman–Crippen MR) is 85.7 cm³/mol. The van der Waals surface area contributed by atoms with Gasteiger partial charge in [-0.3, -0.25) is 9.59 Å². The van der Waals surface area contributed by atoms with Crippen LogP contribution in [0.25, 0.3) is 11.0 Å². The van der Waals surface area contributed by atoms with E-state index in [1.165, 1.54) is 20.3 Å². The van der Waals surface area contributed by atoms with Crippen LogP contribution in [0.15, 0.2) is 33.5 Å². The van der Waals surface area contributed by atoms with Crippen molar-refractivity contribution in [2.24, 2.45) is 5.73 Å². The zero-order valence-corrected chi connectivity index (χ0v) is 13.3. The van der Waals surface area contributed by atoms with Gasteiger partial charge >= 0.3 is 5.63 Å². The van der Waals surface area contributed by atoms with Crippen molar-refractivity contribution < 1.29 is 23.5 Å². The van der Waals surface area contributed by atoms with Crippen LogP contribution in [0.1, 0.15) is 5.56 Å². The van der Waals surface area contributed by atoms with Gasteiger partial charge < -0.3 is 24.9 Å². The molecule has 0 aliphatic carbocycles. The summed E-state index contributed by atoms with van der Waals surface area (Å²) in [6.07, 6.45) is 0.0548. The first-order valence-electron chi connectivity index (χ1n) is 7.13. The van der Waals surface area contributed by atoms with E-state index in [2.05, 4.69) is 5.32 Å². The first-order chi connectivity index (χ1) is 11.4. The number of ether oxygens (including phenoxy) is 2. The monoisotopic (exact) mass is 334 g/mol. The van der Waals surface area contributed by atoms with Crippen LogP contribution >= 0.6 is 0 Å². The molecule has 2 rings (SSSR count). The van der Waals surface area contributed by atoms with Crippen LogP contribution in [-0.4, -0.2) is 38.7 Å². The van der Waals surface area contributed by atoms with Crippen molar-refractivity contribution in [3.8, 4) is 5.75 Å². The Morgan fingerprint density at radius 1 is 1.29 bits per heavy atom. The second kappa shape index (κ2) is 7.60. The summed E-state index contributed by atoms with van der Waals surface area (Å²) in [5.41, 5.74) is 5.62. The van der Waals surface area contributed by atoms with Crippen molar-refractivity contribution in [3.63, 3.8) is 0 Å². The van der Waals surface area contributed by atoms with Crippen molar-refractivity contribution >= 4 is 22.8 Å². The highest BCUT2D eigenvalue weighted by Crippen LogP contribution is 2.23. The largest absolute Gasteiger partial charge is 0.497 e. The molecule has 0 aliphatic heterocycles. The fourth-order valence-electron chi connectivity index (χ4n) is 2.32. The first kappa shape index (κ1) is 17.5. The van der Waals surface area contributed by atoms with Crippen LogP contribution in [-0.2, 0) is 20.7 Å². The van der Waals surface area contributed by atoms with E-state index in [4.69, 9.17) is 19.6 Å². The summed E-state index contributed by atoms with van der Waals surface area (Å²) in [5.74, 6) is -0.660. The van der Waals surface area contributed by atoms with E-state index in [1.54, 1.807) is 18.2 Å². The highest BCUT2D eigenvalue weighted by molar-refractivity contribution is 5.88. The molecule has 1 aromatic heterocycles. The number of carbonyl (C=O) groups is 2. The predicted octanol–water partition coefficient (Wildman–Crippen LogP) is -0.0394. The molecular formula is C16H18N2O6. The molecule has 8 nitrogen and oxygen atoms in total. The lowest BCUT2D eigenvalue weighted by atomic mass is 10.0. The summed E-state index contributed by atoms with van der Waals surface area (Å²) < 4.78 is 14.9. The SMILES string of the molecule is COCC(=O)N[C@@H](Cc1cc(=O)oc2cc(OC)ccc12)C(N)=O. The van der Waals surface area contributed by atoms with E-state index in [9.17, 15) is 14.4 Å². The number of hydrogen-bond acceptors (Lipinski definition) is 6. The normalized spacial score (nSPS) is 11.9. The molecule has 24 heavy (non-hydrogen) atoms. The van der Waals surface area contributed by atoms with E-state index in [1.807, 2.05) is 0 Å². The van der Waals surface area contributed by atoms with Gasteiger partial charge in [0.25, 0.3) is 0 Å². The number of fused-ring (bicyclic) bond motifs is 1. The van der Waals surface area contributed by atoms with Crippen LogP contribution in [0, 0.1) is 0 Å². The average Bonchev–Trinajstić information content (AvgIpc) is 2.53. The van der Waals surface area contributed by atoms with Crippen LogP contribution in [0.3, 0.4) is 0 Å². The number of amides is 2. The van der Waals surface area contributed by atoms with E-state index in [-0.39, 0.29) is 13.0 Å². The van der Waals surface area contributed by atoms with Gasteiger partial charge in [-0.2, -0.15) is 0 Å². The molecule has 128 valence electrons. The van der Waals surface area contributed by atoms with Crippen LogP contribution in [0.2, 0.25) is 0 Å². The van der Waals surface area contributed by atoms with Crippen LogP contribution in [0.5, 0.6) is 5.75 Å². The summed E-state index contributed by atoms with van der Waals surface area (Å²) >= 11 is 0. The zero-order valence-electron chi connectivity index (χ0n) is 13.3. The molecule has 0 spiro atoms. The molecule has 1 heterocycles. The Kier molecular flexibility index (Phi) is 5.54. The molecule has 0 saturated heterocycles. The standard InChI is InChI=1S/C16H18N2O6/c1-22-8-14(19)18-12(16(17)21)5-9-6-15(20)24-13-7-10(23-2)3-4-11(9)13/h3-4,6-7,12H,5,8H2,1-2H3,(H2,17,21)(H,18,19)/t12-/m0/s1. The smallest absolute Gasteiger partial charge is 0.336 e. The Bertz CT molecular complexity index is 814. The quantitative estimate of drug-likeness (QED) is 0.685. The number of benzene rings is 1. The number of rotatable bonds is 7. The zero-order chi connectivity index (χ0) is 17.7. The van der Waals surface area contributed by atoms with E-state index < -0.39 is 23.5 Å². The number of carbonyl (C=O) groups excluding carboxylic acids is 2. The van der Waals surface area contributed by atoms with Gasteiger partial charge in [-0.05, 0) is 17.7 Å². The van der Waals surface area contributed by atoms with Gasteiger partial charge in [0.1, 0.15) is 24.0 Å². The Morgan fingerprint density at radius 3 is 2.67 bits per heavy atom. The molecule has 0 aliphatic rings. The maximum atomic E-state index is 11.7. The number of methoxy groups -OCH3 is 2. The molecule has 1 atom stereocenters. The van der Waals surface area contributed by atoms with Crippen molar-refractivity contribution in [2.75, 3.05) is 20.8 Å². The van der Waals surface area contributed by atoms with Gasteiger partial charge in [0.2, 0.25) is 11.8 Å². The minimum atomic E-state index is -0.972. The fourth-order valence-corrected chi connectivity index (χ4v) is 2.32. The second-order valence-corrected chi connectivity index (χ2v) is 5.11. The maximum Gasteiger partial charge on any atom is 0.336 e. The maximum absolute atomic E-state index is 11.7. The van der Waals surface area contributed by atoms with Crippen LogP contribution < -0.4 is 21.4 Å². The molecule has 8 heteroatoms. The van der Waals surface area contributed by atoms with Gasteiger partial charge in [-0.1, -0.05) is 0 Å². The highest BCUT2D eigenvalue weighted by atomic mass is 16.5. The van der Waals surface area contributed by atoms with Crippen molar-refractivity contribution in [1.82, 2.24) is 5.32 Å². The van der Waals surface area contributed by atoms with Crippen molar-refractivity contribution in [2.45, 2.75) is 12.5 Å². The molecule has 3 N–H and O–H groups in total. The van der Waals surface area contributed by atoms with E-state index in [0.717, 1.165) is 0 Å².